The van der Waals surface area contributed by atoms with Crippen LogP contribution in [0.25, 0.3) is 0 Å². The van der Waals surface area contributed by atoms with Gasteiger partial charge in [0.1, 0.15) is 18.2 Å². The minimum absolute atomic E-state index is 0.0135. The molecule has 4 nitrogen and oxygen atoms in total. The van der Waals surface area contributed by atoms with Gasteiger partial charge in [-0.3, -0.25) is 9.69 Å². The lowest BCUT2D eigenvalue weighted by molar-refractivity contribution is -0.127. The molecule has 6 heteroatoms. The highest BCUT2D eigenvalue weighted by Gasteiger charge is 2.26. The number of nitrogens with zero attached hydrogens (tertiary/aromatic N) is 1. The third kappa shape index (κ3) is 6.19. The molecule has 30 heavy (non-hydrogen) atoms. The molecule has 1 aliphatic heterocycles. The number of halogens is 2. The summed E-state index contributed by atoms with van der Waals surface area (Å²) in [7, 11) is 0. The number of benzene rings is 2. The molecule has 162 valence electrons. The second-order valence-corrected chi connectivity index (χ2v) is 8.69. The standard InChI is InChI=1S/C24H30ClFN2O2/c1-16-4-7-22(12-17(16)2)30-15-18(3)27-24(29)19-8-10-28(11-9-19)14-20-5-6-21(25)13-23(20)26/h4-7,12-13,18-19H,8-11,14-15H2,1-3H3,(H,27,29)/t18-/m1/s1. The van der Waals surface area contributed by atoms with Crippen LogP contribution in [0.4, 0.5) is 4.39 Å². The van der Waals surface area contributed by atoms with Crippen LogP contribution in [0.5, 0.6) is 5.75 Å². The Morgan fingerprint density at radius 1 is 1.20 bits per heavy atom. The summed E-state index contributed by atoms with van der Waals surface area (Å²) in [4.78, 5) is 14.8. The van der Waals surface area contributed by atoms with Crippen molar-refractivity contribution in [3.63, 3.8) is 0 Å². The molecule has 0 radical (unpaired) electrons. The number of nitrogens with one attached hydrogen (secondary N) is 1. The fourth-order valence-electron chi connectivity index (χ4n) is 3.67. The molecule has 0 saturated carbocycles. The Labute approximate surface area is 183 Å². The molecule has 1 atom stereocenters. The Hall–Kier alpha value is -2.11. The zero-order valence-electron chi connectivity index (χ0n) is 17.9. The van der Waals surface area contributed by atoms with Gasteiger partial charge in [-0.05, 0) is 82.1 Å². The van der Waals surface area contributed by atoms with Gasteiger partial charge in [0.2, 0.25) is 5.91 Å². The number of rotatable bonds is 7. The molecule has 1 amide bonds. The fraction of sp³-hybridized carbons (Fsp3) is 0.458. The molecule has 1 fully saturated rings. The lowest BCUT2D eigenvalue weighted by Gasteiger charge is -2.32. The van der Waals surface area contributed by atoms with Crippen LogP contribution in [0, 0.1) is 25.6 Å². The number of likely N-dealkylation sites (tertiary alicyclic amines) is 1. The Kier molecular flexibility index (Phi) is 7.73. The van der Waals surface area contributed by atoms with Gasteiger partial charge in [-0.1, -0.05) is 23.7 Å². The average molecular weight is 433 g/mol. The second-order valence-electron chi connectivity index (χ2n) is 8.25. The predicted octanol–water partition coefficient (Wildman–Crippen LogP) is 4.89. The van der Waals surface area contributed by atoms with Gasteiger partial charge in [-0.15, -0.1) is 0 Å². The Bertz CT molecular complexity index is 882. The summed E-state index contributed by atoms with van der Waals surface area (Å²) in [6.45, 7) is 8.60. The van der Waals surface area contributed by atoms with Crippen LogP contribution in [-0.2, 0) is 11.3 Å². The molecule has 1 heterocycles. The van der Waals surface area contributed by atoms with Crippen LogP contribution in [0.15, 0.2) is 36.4 Å². The van der Waals surface area contributed by atoms with Gasteiger partial charge >= 0.3 is 0 Å². The van der Waals surface area contributed by atoms with E-state index in [1.807, 2.05) is 25.1 Å². The van der Waals surface area contributed by atoms with Gasteiger partial charge in [0, 0.05) is 23.0 Å². The van der Waals surface area contributed by atoms with Gasteiger partial charge in [0.15, 0.2) is 0 Å². The van der Waals surface area contributed by atoms with E-state index in [-0.39, 0.29) is 23.7 Å². The van der Waals surface area contributed by atoms with E-state index in [1.165, 1.54) is 17.2 Å². The zero-order chi connectivity index (χ0) is 21.7. The monoisotopic (exact) mass is 432 g/mol. The van der Waals surface area contributed by atoms with Crippen LogP contribution < -0.4 is 10.1 Å². The van der Waals surface area contributed by atoms with Crippen LogP contribution in [-0.4, -0.2) is 36.5 Å². The first-order chi connectivity index (χ1) is 14.3. The number of amides is 1. The molecule has 0 unspecified atom stereocenters. The summed E-state index contributed by atoms with van der Waals surface area (Å²) < 4.78 is 19.8. The number of piperidine rings is 1. The third-order valence-corrected chi connectivity index (χ3v) is 5.97. The molecular formula is C24H30ClFN2O2. The van der Waals surface area contributed by atoms with Crippen LogP contribution >= 0.6 is 11.6 Å². The normalized spacial score (nSPS) is 16.3. The summed E-state index contributed by atoms with van der Waals surface area (Å²) in [6.07, 6.45) is 1.54. The minimum atomic E-state index is -0.278. The second kappa shape index (κ2) is 10.3. The van der Waals surface area contributed by atoms with Crippen LogP contribution in [0.1, 0.15) is 36.5 Å². The molecule has 3 rings (SSSR count). The van der Waals surface area contributed by atoms with Crippen molar-refractivity contribution in [2.24, 2.45) is 5.92 Å². The fourth-order valence-corrected chi connectivity index (χ4v) is 3.83. The number of carbonyl (C=O) groups is 1. The van der Waals surface area contributed by atoms with Crippen molar-refractivity contribution < 1.29 is 13.9 Å². The number of aryl methyl sites for hydroxylation is 2. The van der Waals surface area contributed by atoms with E-state index in [1.54, 1.807) is 12.1 Å². The zero-order valence-corrected chi connectivity index (χ0v) is 18.6. The quantitative estimate of drug-likeness (QED) is 0.677. The predicted molar refractivity (Wildman–Crippen MR) is 118 cm³/mol. The van der Waals surface area contributed by atoms with Crippen molar-refractivity contribution in [3.05, 3.63) is 63.9 Å². The summed E-state index contributed by atoms with van der Waals surface area (Å²) in [5.41, 5.74) is 3.06. The summed E-state index contributed by atoms with van der Waals surface area (Å²) in [6, 6.07) is 10.7. The SMILES string of the molecule is Cc1ccc(OC[C@@H](C)NC(=O)C2CCN(Cc3ccc(Cl)cc3F)CC2)cc1C. The molecule has 2 aromatic carbocycles. The number of hydrogen-bond acceptors (Lipinski definition) is 3. The van der Waals surface area contributed by atoms with Gasteiger partial charge < -0.3 is 10.1 Å². The highest BCUT2D eigenvalue weighted by Crippen LogP contribution is 2.22. The van der Waals surface area contributed by atoms with Gasteiger partial charge in [0.25, 0.3) is 0 Å². The molecule has 1 saturated heterocycles. The van der Waals surface area contributed by atoms with Gasteiger partial charge in [-0.2, -0.15) is 0 Å². The van der Waals surface area contributed by atoms with E-state index in [0.29, 0.717) is 23.7 Å². The Morgan fingerprint density at radius 2 is 1.93 bits per heavy atom. The molecule has 1 aliphatic rings. The molecule has 0 spiro atoms. The molecular weight excluding hydrogens is 403 g/mol. The molecule has 2 aromatic rings. The van der Waals surface area contributed by atoms with E-state index in [9.17, 15) is 9.18 Å². The van der Waals surface area contributed by atoms with E-state index in [4.69, 9.17) is 16.3 Å². The number of carbonyl (C=O) groups excluding carboxylic acids is 1. The first-order valence-corrected chi connectivity index (χ1v) is 10.9. The Morgan fingerprint density at radius 3 is 2.60 bits per heavy atom. The van der Waals surface area contributed by atoms with Crippen LogP contribution in [0.2, 0.25) is 5.02 Å². The maximum absolute atomic E-state index is 14.0. The van der Waals surface area contributed by atoms with Gasteiger partial charge in [0.05, 0.1) is 6.04 Å². The van der Waals surface area contributed by atoms with Gasteiger partial charge in [-0.25, -0.2) is 4.39 Å². The van der Waals surface area contributed by atoms with E-state index >= 15 is 0 Å². The maximum atomic E-state index is 14.0. The van der Waals surface area contributed by atoms with Crippen LogP contribution in [0.3, 0.4) is 0 Å². The summed E-state index contributed by atoms with van der Waals surface area (Å²) in [5.74, 6) is 0.603. The molecule has 0 aliphatic carbocycles. The van der Waals surface area contributed by atoms with E-state index < -0.39 is 0 Å². The van der Waals surface area contributed by atoms with Crippen molar-refractivity contribution in [1.29, 1.82) is 0 Å². The Balaban J connectivity index is 1.41. The lowest BCUT2D eigenvalue weighted by Crippen LogP contribution is -2.44. The van der Waals surface area contributed by atoms with E-state index in [2.05, 4.69) is 24.1 Å². The largest absolute Gasteiger partial charge is 0.491 e. The first kappa shape index (κ1) is 22.6. The average Bonchev–Trinajstić information content (AvgIpc) is 2.71. The van der Waals surface area contributed by atoms with E-state index in [0.717, 1.165) is 31.7 Å². The summed E-state index contributed by atoms with van der Waals surface area (Å²) >= 11 is 5.82. The first-order valence-electron chi connectivity index (χ1n) is 10.5. The van der Waals surface area contributed by atoms with Crippen molar-refractivity contribution in [3.8, 4) is 5.75 Å². The number of ether oxygens (including phenoxy) is 1. The topological polar surface area (TPSA) is 41.6 Å². The van der Waals surface area contributed by atoms with Crippen molar-refractivity contribution in [2.75, 3.05) is 19.7 Å². The third-order valence-electron chi connectivity index (χ3n) is 5.73. The highest BCUT2D eigenvalue weighted by atomic mass is 35.5. The van der Waals surface area contributed by atoms with Crippen molar-refractivity contribution >= 4 is 17.5 Å². The minimum Gasteiger partial charge on any atom is -0.491 e. The van der Waals surface area contributed by atoms with Crippen molar-refractivity contribution in [1.82, 2.24) is 10.2 Å². The smallest absolute Gasteiger partial charge is 0.223 e. The molecule has 0 aromatic heterocycles. The molecule has 0 bridgehead atoms. The lowest BCUT2D eigenvalue weighted by atomic mass is 9.95. The maximum Gasteiger partial charge on any atom is 0.223 e. The number of hydrogen-bond donors (Lipinski definition) is 1. The van der Waals surface area contributed by atoms with Crippen molar-refractivity contribution in [2.45, 2.75) is 46.2 Å². The summed E-state index contributed by atoms with van der Waals surface area (Å²) in [5, 5.41) is 3.47. The highest BCUT2D eigenvalue weighted by molar-refractivity contribution is 6.30. The molecule has 1 N–H and O–H groups in total.